The zero-order chi connectivity index (χ0) is 14.4. The molecule has 5 heteroatoms. The van der Waals surface area contributed by atoms with Crippen LogP contribution in [0.25, 0.3) is 5.69 Å². The van der Waals surface area contributed by atoms with Gasteiger partial charge in [-0.1, -0.05) is 20.8 Å². The number of nitrogens with one attached hydrogen (secondary N) is 1. The van der Waals surface area contributed by atoms with Crippen LogP contribution in [0.15, 0.2) is 22.8 Å². The van der Waals surface area contributed by atoms with Crippen molar-refractivity contribution in [1.29, 1.82) is 0 Å². The lowest BCUT2D eigenvalue weighted by Crippen LogP contribution is -2.17. The molecule has 0 aliphatic heterocycles. The monoisotopic (exact) mass is 342 g/mol. The second-order valence-corrected chi connectivity index (χ2v) is 6.86. The summed E-state index contributed by atoms with van der Waals surface area (Å²) in [6, 6.07) is 3.28. The predicted molar refractivity (Wildman–Crippen MR) is 82.0 cm³/mol. The number of halogens is 2. The van der Waals surface area contributed by atoms with Crippen LogP contribution in [0.1, 0.15) is 32.0 Å². The summed E-state index contributed by atoms with van der Waals surface area (Å²) in [7, 11) is 0. The van der Waals surface area contributed by atoms with Crippen molar-refractivity contribution in [2.75, 3.05) is 0 Å². The molecule has 0 fully saturated rings. The summed E-state index contributed by atoms with van der Waals surface area (Å²) in [5.74, 6) is -0.288. The quantitative estimate of drug-likeness (QED) is 0.719. The summed E-state index contributed by atoms with van der Waals surface area (Å²) in [6.07, 6.45) is 1.89. The maximum Gasteiger partial charge on any atom is 0.182 e. The topological polar surface area (TPSA) is 20.7 Å². The molecule has 1 aromatic heterocycles. The van der Waals surface area contributed by atoms with Crippen molar-refractivity contribution in [2.24, 2.45) is 0 Å². The fourth-order valence-electron chi connectivity index (χ4n) is 2.04. The van der Waals surface area contributed by atoms with Gasteiger partial charge in [0.25, 0.3) is 0 Å². The Morgan fingerprint density at radius 1 is 1.32 bits per heavy atom. The zero-order valence-corrected chi connectivity index (χ0v) is 13.7. The molecule has 1 aromatic carbocycles. The van der Waals surface area contributed by atoms with Crippen LogP contribution in [-0.4, -0.2) is 9.55 Å². The standard InChI is InChI=1S/C14H16BrFN2S/c1-8-5-9(15)10(16)6-11(8)18-12(14(2,3)4)7-17-13(18)19/h5-7H,1-4H3,(H,17,19). The highest BCUT2D eigenvalue weighted by Crippen LogP contribution is 2.29. The Morgan fingerprint density at radius 3 is 2.53 bits per heavy atom. The Labute approximate surface area is 125 Å². The van der Waals surface area contributed by atoms with Crippen LogP contribution in [0.5, 0.6) is 0 Å². The molecule has 0 radical (unpaired) electrons. The highest BCUT2D eigenvalue weighted by Gasteiger charge is 2.21. The number of imidazole rings is 1. The Kier molecular flexibility index (Phi) is 3.71. The number of rotatable bonds is 1. The minimum absolute atomic E-state index is 0.0798. The van der Waals surface area contributed by atoms with E-state index in [9.17, 15) is 4.39 Å². The molecule has 2 nitrogen and oxygen atoms in total. The Balaban J connectivity index is 2.76. The summed E-state index contributed by atoms with van der Waals surface area (Å²) >= 11 is 8.53. The van der Waals surface area contributed by atoms with Gasteiger partial charge in [0.1, 0.15) is 5.82 Å². The predicted octanol–water partition coefficient (Wildman–Crippen LogP) is 5.04. The van der Waals surface area contributed by atoms with Gasteiger partial charge in [-0.05, 0) is 52.8 Å². The molecule has 1 N–H and O–H groups in total. The molecule has 0 spiro atoms. The molecular weight excluding hydrogens is 327 g/mol. The van der Waals surface area contributed by atoms with E-state index in [1.807, 2.05) is 17.7 Å². The molecule has 0 bridgehead atoms. The zero-order valence-electron chi connectivity index (χ0n) is 11.3. The van der Waals surface area contributed by atoms with Crippen molar-refractivity contribution < 1.29 is 4.39 Å². The van der Waals surface area contributed by atoms with Crippen LogP contribution >= 0.6 is 28.1 Å². The third-order valence-corrected chi connectivity index (χ3v) is 3.93. The lowest BCUT2D eigenvalue weighted by atomic mass is 9.92. The van der Waals surface area contributed by atoms with Crippen LogP contribution in [0.2, 0.25) is 0 Å². The van der Waals surface area contributed by atoms with Crippen LogP contribution in [0.4, 0.5) is 4.39 Å². The van der Waals surface area contributed by atoms with Crippen LogP contribution in [0, 0.1) is 17.5 Å². The maximum absolute atomic E-state index is 13.8. The number of aromatic amines is 1. The molecule has 102 valence electrons. The van der Waals surface area contributed by atoms with Gasteiger partial charge in [0.15, 0.2) is 4.77 Å². The minimum Gasteiger partial charge on any atom is -0.337 e. The first-order valence-corrected chi connectivity index (χ1v) is 7.19. The maximum atomic E-state index is 13.8. The molecule has 0 atom stereocenters. The molecule has 1 heterocycles. The fourth-order valence-corrected chi connectivity index (χ4v) is 2.75. The van der Waals surface area contributed by atoms with Crippen LogP contribution in [0.3, 0.4) is 0 Å². The second-order valence-electron chi connectivity index (χ2n) is 5.62. The van der Waals surface area contributed by atoms with Gasteiger partial charge in [-0.15, -0.1) is 0 Å². The molecule has 2 rings (SSSR count). The first-order valence-electron chi connectivity index (χ1n) is 5.98. The first-order chi connectivity index (χ1) is 8.71. The average molecular weight is 343 g/mol. The van der Waals surface area contributed by atoms with Gasteiger partial charge < -0.3 is 4.98 Å². The summed E-state index contributed by atoms with van der Waals surface area (Å²) in [4.78, 5) is 3.05. The summed E-state index contributed by atoms with van der Waals surface area (Å²) in [6.45, 7) is 8.25. The number of hydrogen-bond donors (Lipinski definition) is 1. The number of benzene rings is 1. The molecular formula is C14H16BrFN2S. The van der Waals surface area contributed by atoms with Crippen LogP contribution in [-0.2, 0) is 5.41 Å². The lowest BCUT2D eigenvalue weighted by Gasteiger charge is -2.22. The van der Waals surface area contributed by atoms with E-state index in [4.69, 9.17) is 12.2 Å². The molecule has 0 saturated heterocycles. The molecule has 19 heavy (non-hydrogen) atoms. The smallest absolute Gasteiger partial charge is 0.182 e. The summed E-state index contributed by atoms with van der Waals surface area (Å²) in [5, 5.41) is 0. The number of aromatic nitrogens is 2. The number of aryl methyl sites for hydroxylation is 1. The summed E-state index contributed by atoms with van der Waals surface area (Å²) in [5.41, 5.74) is 2.69. The van der Waals surface area contributed by atoms with Gasteiger partial charge in [0.2, 0.25) is 0 Å². The molecule has 0 amide bonds. The normalized spacial score (nSPS) is 11.9. The largest absolute Gasteiger partial charge is 0.337 e. The Bertz CT molecular complexity index is 680. The Morgan fingerprint density at radius 2 is 1.95 bits per heavy atom. The third-order valence-electron chi connectivity index (χ3n) is 3.02. The van der Waals surface area contributed by atoms with Crippen molar-refractivity contribution in [3.8, 4) is 5.69 Å². The first kappa shape index (κ1) is 14.5. The molecule has 2 aromatic rings. The Hall–Kier alpha value is -0.940. The van der Waals surface area contributed by atoms with E-state index in [2.05, 4.69) is 41.7 Å². The number of H-pyrrole nitrogens is 1. The minimum atomic E-state index is -0.288. The SMILES string of the molecule is Cc1cc(Br)c(F)cc1-n1c(C(C)(C)C)c[nH]c1=S. The molecule has 0 aliphatic carbocycles. The van der Waals surface area contributed by atoms with Crippen LogP contribution < -0.4 is 0 Å². The summed E-state index contributed by atoms with van der Waals surface area (Å²) < 4.78 is 16.8. The van der Waals surface area contributed by atoms with Crippen molar-refractivity contribution in [3.63, 3.8) is 0 Å². The number of hydrogen-bond acceptors (Lipinski definition) is 1. The van der Waals surface area contributed by atoms with Crippen molar-refractivity contribution in [1.82, 2.24) is 9.55 Å². The highest BCUT2D eigenvalue weighted by atomic mass is 79.9. The highest BCUT2D eigenvalue weighted by molar-refractivity contribution is 9.10. The lowest BCUT2D eigenvalue weighted by molar-refractivity contribution is 0.554. The van der Waals surface area contributed by atoms with Crippen molar-refractivity contribution >= 4 is 28.1 Å². The van der Waals surface area contributed by atoms with E-state index in [0.29, 0.717) is 9.24 Å². The average Bonchev–Trinajstić information content (AvgIpc) is 2.65. The number of nitrogens with zero attached hydrogens (tertiary/aromatic N) is 1. The van der Waals surface area contributed by atoms with Gasteiger partial charge in [0.05, 0.1) is 10.2 Å². The van der Waals surface area contributed by atoms with Gasteiger partial charge in [-0.2, -0.15) is 0 Å². The molecule has 0 saturated carbocycles. The van der Waals surface area contributed by atoms with Gasteiger partial charge >= 0.3 is 0 Å². The van der Waals surface area contributed by atoms with E-state index in [1.165, 1.54) is 6.07 Å². The molecule has 0 aliphatic rings. The van der Waals surface area contributed by atoms with E-state index in [0.717, 1.165) is 16.9 Å². The van der Waals surface area contributed by atoms with E-state index in [1.54, 1.807) is 6.07 Å². The second kappa shape index (κ2) is 4.87. The van der Waals surface area contributed by atoms with Gasteiger partial charge in [0, 0.05) is 17.3 Å². The fraction of sp³-hybridized carbons (Fsp3) is 0.357. The van der Waals surface area contributed by atoms with E-state index >= 15 is 0 Å². The van der Waals surface area contributed by atoms with E-state index in [-0.39, 0.29) is 11.2 Å². The molecule has 0 unspecified atom stereocenters. The van der Waals surface area contributed by atoms with E-state index < -0.39 is 0 Å². The van der Waals surface area contributed by atoms with Gasteiger partial charge in [-0.3, -0.25) is 4.57 Å². The van der Waals surface area contributed by atoms with Crippen molar-refractivity contribution in [2.45, 2.75) is 33.1 Å². The third kappa shape index (κ3) is 2.67. The van der Waals surface area contributed by atoms with Crippen molar-refractivity contribution in [3.05, 3.63) is 44.6 Å². The van der Waals surface area contributed by atoms with Gasteiger partial charge in [-0.25, -0.2) is 4.39 Å².